The number of hydrogen-bond donors (Lipinski definition) is 0. The van der Waals surface area contributed by atoms with Gasteiger partial charge >= 0.3 is 19.5 Å². The Morgan fingerprint density at radius 2 is 0.778 bits per heavy atom. The Kier molecular flexibility index (Phi) is 28.2. The van der Waals surface area contributed by atoms with Crippen molar-refractivity contribution in [1.29, 1.82) is 15.8 Å². The third-order valence-electron chi connectivity index (χ3n) is 5.64. The average molecular weight is 830 g/mol. The maximum absolute atomic E-state index is 8.49. The number of halogens is 2. The van der Waals surface area contributed by atoms with Crippen molar-refractivity contribution in [2.75, 3.05) is 0 Å². The van der Waals surface area contributed by atoms with Gasteiger partial charge in [0.15, 0.2) is 0 Å². The van der Waals surface area contributed by atoms with Gasteiger partial charge in [-0.1, -0.05) is 78.9 Å². The summed E-state index contributed by atoms with van der Waals surface area (Å²) in [4.78, 5) is 16.8. The van der Waals surface area contributed by atoms with E-state index in [4.69, 9.17) is 63.0 Å². The van der Waals surface area contributed by atoms with Gasteiger partial charge in [-0.25, -0.2) is 37.3 Å². The molecule has 5 rings (SSSR count). The van der Waals surface area contributed by atoms with E-state index in [1.807, 2.05) is 54.7 Å². The van der Waals surface area contributed by atoms with E-state index in [9.17, 15) is 0 Å². The number of nitriles is 3. The predicted octanol–water partition coefficient (Wildman–Crippen LogP) is -1.52. The van der Waals surface area contributed by atoms with Gasteiger partial charge in [-0.15, -0.1) is 20.5 Å². The first-order chi connectivity index (χ1) is 25.1. The Morgan fingerprint density at radius 1 is 0.481 bits per heavy atom. The van der Waals surface area contributed by atoms with Gasteiger partial charge in [-0.2, -0.15) is 15.8 Å². The molecule has 0 saturated carbocycles. The fourth-order valence-corrected chi connectivity index (χ4v) is 4.02. The molecule has 0 fully saturated rings. The third-order valence-corrected chi connectivity index (χ3v) is 5.64. The molecule has 0 saturated heterocycles. The van der Waals surface area contributed by atoms with Crippen LogP contribution in [-0.2, 0) is 39.1 Å². The fraction of sp³-hybridized carbons (Fsp3) is 0.167. The van der Waals surface area contributed by atoms with Crippen LogP contribution < -0.4 is 37.3 Å². The van der Waals surface area contributed by atoms with Crippen molar-refractivity contribution >= 4 is 0 Å². The Labute approximate surface area is 331 Å². The van der Waals surface area contributed by atoms with E-state index >= 15 is 0 Å². The zero-order valence-electron chi connectivity index (χ0n) is 29.5. The molecule has 0 aliphatic rings. The van der Waals surface area contributed by atoms with Crippen molar-refractivity contribution in [2.45, 2.75) is 40.4 Å². The van der Waals surface area contributed by atoms with Crippen LogP contribution in [0.3, 0.4) is 0 Å². The fourth-order valence-electron chi connectivity index (χ4n) is 4.02. The number of aromatic nitrogens is 3. The predicted molar refractivity (Wildman–Crippen MR) is 170 cm³/mol. The van der Waals surface area contributed by atoms with E-state index in [0.29, 0.717) is 13.1 Å². The van der Waals surface area contributed by atoms with Crippen LogP contribution in [0.15, 0.2) is 121 Å². The van der Waals surface area contributed by atoms with Crippen molar-refractivity contribution in [3.05, 3.63) is 139 Å². The molecule has 54 heavy (non-hydrogen) atoms. The number of hydrogen-bond acceptors (Lipinski definition) is 15. The van der Waals surface area contributed by atoms with Gasteiger partial charge in [-0.3, -0.25) is 19.9 Å². The summed E-state index contributed by atoms with van der Waals surface area (Å²) in [6.07, 6.45) is 1.84. The summed E-state index contributed by atoms with van der Waals surface area (Å²) in [6, 6.07) is 44.4. The molecule has 0 unspecified atom stereocenters. The van der Waals surface area contributed by atoms with Crippen molar-refractivity contribution in [3.63, 3.8) is 0 Å². The van der Waals surface area contributed by atoms with Crippen LogP contribution in [0.2, 0.25) is 0 Å². The summed E-state index contributed by atoms with van der Waals surface area (Å²) in [7, 11) is -9.89. The van der Waals surface area contributed by atoms with Crippen molar-refractivity contribution in [1.82, 2.24) is 19.9 Å². The van der Waals surface area contributed by atoms with Crippen LogP contribution >= 0.6 is 0 Å². The first kappa shape index (κ1) is 51.3. The van der Waals surface area contributed by atoms with Gasteiger partial charge in [0.1, 0.15) is 0 Å². The Morgan fingerprint density at radius 3 is 1.09 bits per heavy atom. The van der Waals surface area contributed by atoms with Gasteiger partial charge in [-0.05, 0) is 36.4 Å². The first-order valence-corrected chi connectivity index (χ1v) is 17.4. The Hall–Kier alpha value is -4.80. The number of benzene rings is 2. The van der Waals surface area contributed by atoms with Gasteiger partial charge < -0.3 is 0 Å². The van der Waals surface area contributed by atoms with E-state index < -0.39 is 20.5 Å². The summed E-state index contributed by atoms with van der Waals surface area (Å²) in [5.74, 6) is 0. The molecular formula is C36H35Cl2N7O8Zn. The van der Waals surface area contributed by atoms with Gasteiger partial charge in [0.25, 0.3) is 0 Å². The molecule has 0 amide bonds. The van der Waals surface area contributed by atoms with E-state index in [1.165, 1.54) is 20.8 Å². The molecule has 15 nitrogen and oxygen atoms in total. The average Bonchev–Trinajstić information content (AvgIpc) is 3.09. The molecule has 0 spiro atoms. The minimum absolute atomic E-state index is 0. The largest absolute Gasteiger partial charge is 2.00 e. The standard InChI is InChI=1S/C30H26N4.3C2H3N.2ClHO4.Zn/c1-3-11-24(12-4-1)29-18-9-16-27(32-29)22-34(21-26-15-7-8-20-31-26)23-28-17-10-19-30(33-28)25-13-5-2-6-14-25;3*1-2-3;2*2-1(3,4)5;/h1-20H,21-23H2;3*1H3;2*(H,2,3,4,5);/q;;;;;;+2/p-2. The van der Waals surface area contributed by atoms with Gasteiger partial charge in [0, 0.05) is 57.7 Å². The summed E-state index contributed by atoms with van der Waals surface area (Å²) in [6.45, 7) is 6.41. The summed E-state index contributed by atoms with van der Waals surface area (Å²) < 4.78 is 67.9. The molecule has 5 aromatic rings. The third kappa shape index (κ3) is 28.7. The van der Waals surface area contributed by atoms with E-state index in [2.05, 4.69) is 76.6 Å². The molecule has 18 heteroatoms. The molecule has 3 aromatic heterocycles. The Balaban J connectivity index is 0. The van der Waals surface area contributed by atoms with Crippen LogP contribution in [-0.4, -0.2) is 19.9 Å². The molecule has 278 valence electrons. The second-order valence-electron chi connectivity index (χ2n) is 9.65. The quantitative estimate of drug-likeness (QED) is 0.161. The monoisotopic (exact) mass is 827 g/mol. The van der Waals surface area contributed by atoms with E-state index in [1.54, 1.807) is 18.2 Å². The zero-order chi connectivity index (χ0) is 40.1. The molecule has 0 aliphatic heterocycles. The molecular weight excluding hydrogens is 795 g/mol. The van der Waals surface area contributed by atoms with Gasteiger partial charge in [0.05, 0.1) is 46.7 Å². The van der Waals surface area contributed by atoms with Crippen LogP contribution in [0.25, 0.3) is 22.5 Å². The molecule has 0 aliphatic carbocycles. The first-order valence-electron chi connectivity index (χ1n) is 14.9. The van der Waals surface area contributed by atoms with Crippen LogP contribution in [0, 0.1) is 54.5 Å². The summed E-state index contributed by atoms with van der Waals surface area (Å²) >= 11 is 0. The number of pyridine rings is 3. The minimum Gasteiger partial charge on any atom is -0.286 e. The molecule has 0 radical (unpaired) electrons. The summed E-state index contributed by atoms with van der Waals surface area (Å²) in [5, 5.41) is 22.0. The van der Waals surface area contributed by atoms with Gasteiger partial charge in [0.2, 0.25) is 0 Å². The van der Waals surface area contributed by atoms with Crippen molar-refractivity contribution < 1.29 is 77.2 Å². The number of rotatable bonds is 8. The van der Waals surface area contributed by atoms with E-state index in [-0.39, 0.29) is 19.5 Å². The molecule has 0 atom stereocenters. The molecule has 2 aromatic carbocycles. The second-order valence-corrected chi connectivity index (χ2v) is 11.2. The van der Waals surface area contributed by atoms with Crippen LogP contribution in [0.5, 0.6) is 0 Å². The maximum atomic E-state index is 8.49. The normalized spacial score (nSPS) is 9.57. The smallest absolute Gasteiger partial charge is 0.286 e. The minimum atomic E-state index is -4.94. The van der Waals surface area contributed by atoms with Crippen LogP contribution in [0.1, 0.15) is 37.9 Å². The van der Waals surface area contributed by atoms with Crippen molar-refractivity contribution in [3.8, 4) is 40.7 Å². The second kappa shape index (κ2) is 29.6. The maximum Gasteiger partial charge on any atom is 2.00 e. The Bertz CT molecular complexity index is 1700. The van der Waals surface area contributed by atoms with E-state index in [0.717, 1.165) is 46.1 Å². The SMILES string of the molecule is CC#N.CC#N.CC#N.[O-][Cl+3]([O-])([O-])[O-].[O-][Cl+3]([O-])([O-])[O-].[Zn+2].c1ccc(-c2cccc(CN(Cc3ccccn3)Cc3cccc(-c4ccccc4)n3)n2)cc1. The molecule has 3 heterocycles. The zero-order valence-corrected chi connectivity index (χ0v) is 34.0. The molecule has 0 N–H and O–H groups in total. The topological polar surface area (TPSA) is 298 Å². The number of nitrogens with zero attached hydrogens (tertiary/aromatic N) is 7. The van der Waals surface area contributed by atoms with Crippen LogP contribution in [0.4, 0.5) is 0 Å². The summed E-state index contributed by atoms with van der Waals surface area (Å²) in [5.41, 5.74) is 7.30. The molecule has 0 bridgehead atoms. The van der Waals surface area contributed by atoms with Crippen molar-refractivity contribution in [2.24, 2.45) is 0 Å².